The van der Waals surface area contributed by atoms with Gasteiger partial charge in [-0.2, -0.15) is 0 Å². The summed E-state index contributed by atoms with van der Waals surface area (Å²) in [5.41, 5.74) is 2.80. The highest BCUT2D eigenvalue weighted by Gasteiger charge is 1.87. The van der Waals surface area contributed by atoms with Gasteiger partial charge in [0.25, 0.3) is 0 Å². The lowest BCUT2D eigenvalue weighted by Crippen LogP contribution is -1.79. The molecule has 0 amide bonds. The van der Waals surface area contributed by atoms with Gasteiger partial charge in [0.05, 0.1) is 6.54 Å². The van der Waals surface area contributed by atoms with Crippen LogP contribution in [0.4, 0.5) is 0 Å². The number of nitrogens with zero attached hydrogens (tertiary/aromatic N) is 1. The fraction of sp³-hybridized carbons (Fsp3) is 0.545. The summed E-state index contributed by atoms with van der Waals surface area (Å²) in [6.45, 7) is 10.6. The third-order valence-electron chi connectivity index (χ3n) is 1.66. The van der Waals surface area contributed by atoms with Crippen LogP contribution in [0.25, 0.3) is 0 Å². The van der Waals surface area contributed by atoms with Gasteiger partial charge in [0, 0.05) is 0 Å². The largest absolute Gasteiger partial charge is 0.297 e. The molecule has 1 heteroatoms. The minimum Gasteiger partial charge on any atom is -0.297 e. The summed E-state index contributed by atoms with van der Waals surface area (Å²) < 4.78 is 0. The van der Waals surface area contributed by atoms with Crippen molar-refractivity contribution >= 4 is 6.72 Å². The van der Waals surface area contributed by atoms with E-state index < -0.39 is 0 Å². The van der Waals surface area contributed by atoms with Crippen LogP contribution in [0.15, 0.2) is 28.3 Å². The number of rotatable bonds is 5. The highest BCUT2D eigenvalue weighted by molar-refractivity contribution is 5.24. The SMILES string of the molecule is C=NC/C=C(\C)CCC=C(C)C. The molecule has 0 saturated heterocycles. The molecule has 0 saturated carbocycles. The van der Waals surface area contributed by atoms with E-state index in [1.165, 1.54) is 11.1 Å². The Morgan fingerprint density at radius 1 is 1.25 bits per heavy atom. The minimum absolute atomic E-state index is 0.751. The highest BCUT2D eigenvalue weighted by Crippen LogP contribution is 2.05. The van der Waals surface area contributed by atoms with E-state index in [9.17, 15) is 0 Å². The molecule has 0 heterocycles. The van der Waals surface area contributed by atoms with Crippen LogP contribution in [0.1, 0.15) is 33.6 Å². The first-order valence-electron chi connectivity index (χ1n) is 4.38. The second-order valence-electron chi connectivity index (χ2n) is 3.28. The fourth-order valence-corrected chi connectivity index (χ4v) is 0.911. The molecular weight excluding hydrogens is 146 g/mol. The van der Waals surface area contributed by atoms with Crippen molar-refractivity contribution in [2.45, 2.75) is 33.6 Å². The number of hydrogen-bond acceptors (Lipinski definition) is 1. The first-order valence-corrected chi connectivity index (χ1v) is 4.38. The van der Waals surface area contributed by atoms with Gasteiger partial charge in [-0.05, 0) is 40.3 Å². The van der Waals surface area contributed by atoms with Crippen molar-refractivity contribution in [2.75, 3.05) is 6.54 Å². The number of aliphatic imine (C=N–C) groups is 1. The van der Waals surface area contributed by atoms with Gasteiger partial charge in [-0.3, -0.25) is 4.99 Å². The lowest BCUT2D eigenvalue weighted by molar-refractivity contribution is 0.957. The van der Waals surface area contributed by atoms with Crippen molar-refractivity contribution in [1.29, 1.82) is 0 Å². The van der Waals surface area contributed by atoms with Gasteiger partial charge in [0.15, 0.2) is 0 Å². The molecule has 0 radical (unpaired) electrons. The van der Waals surface area contributed by atoms with Crippen LogP contribution in [0.5, 0.6) is 0 Å². The number of hydrogen-bond donors (Lipinski definition) is 0. The molecule has 0 bridgehead atoms. The van der Waals surface area contributed by atoms with E-state index in [2.05, 4.69) is 44.6 Å². The lowest BCUT2D eigenvalue weighted by Gasteiger charge is -1.96. The molecule has 0 fully saturated rings. The quantitative estimate of drug-likeness (QED) is 0.437. The zero-order chi connectivity index (χ0) is 9.40. The second-order valence-corrected chi connectivity index (χ2v) is 3.28. The van der Waals surface area contributed by atoms with Crippen LogP contribution >= 0.6 is 0 Å². The van der Waals surface area contributed by atoms with Crippen LogP contribution in [0.3, 0.4) is 0 Å². The van der Waals surface area contributed by atoms with Crippen LogP contribution in [0.2, 0.25) is 0 Å². The lowest BCUT2D eigenvalue weighted by atomic mass is 10.1. The van der Waals surface area contributed by atoms with Crippen LogP contribution < -0.4 is 0 Å². The van der Waals surface area contributed by atoms with Gasteiger partial charge in [0.2, 0.25) is 0 Å². The predicted octanol–water partition coefficient (Wildman–Crippen LogP) is 3.38. The van der Waals surface area contributed by atoms with Crippen molar-refractivity contribution in [2.24, 2.45) is 4.99 Å². The monoisotopic (exact) mass is 165 g/mol. The Labute approximate surface area is 75.9 Å². The van der Waals surface area contributed by atoms with Crippen molar-refractivity contribution in [1.82, 2.24) is 0 Å². The summed E-state index contributed by atoms with van der Waals surface area (Å²) in [6, 6.07) is 0. The molecular formula is C11H19N. The van der Waals surface area contributed by atoms with Gasteiger partial charge >= 0.3 is 0 Å². The Kier molecular flexibility index (Phi) is 6.35. The van der Waals surface area contributed by atoms with Gasteiger partial charge in [-0.25, -0.2) is 0 Å². The first-order chi connectivity index (χ1) is 5.66. The molecule has 0 aromatic rings. The van der Waals surface area contributed by atoms with E-state index in [0.717, 1.165) is 19.4 Å². The summed E-state index contributed by atoms with van der Waals surface area (Å²) in [7, 11) is 0. The zero-order valence-corrected chi connectivity index (χ0v) is 8.43. The average molecular weight is 165 g/mol. The minimum atomic E-state index is 0.751. The summed E-state index contributed by atoms with van der Waals surface area (Å²) in [6.07, 6.45) is 6.67. The van der Waals surface area contributed by atoms with Crippen LogP contribution in [-0.4, -0.2) is 13.3 Å². The van der Waals surface area contributed by atoms with Crippen molar-refractivity contribution in [3.05, 3.63) is 23.3 Å². The predicted molar refractivity (Wildman–Crippen MR) is 56.8 cm³/mol. The van der Waals surface area contributed by atoms with Crippen molar-refractivity contribution in [3.63, 3.8) is 0 Å². The molecule has 12 heavy (non-hydrogen) atoms. The van der Waals surface area contributed by atoms with Gasteiger partial charge in [0.1, 0.15) is 0 Å². The van der Waals surface area contributed by atoms with E-state index in [1.54, 1.807) is 0 Å². The highest BCUT2D eigenvalue weighted by atomic mass is 14.6. The first kappa shape index (κ1) is 11.2. The van der Waals surface area contributed by atoms with Crippen LogP contribution in [0, 0.1) is 0 Å². The molecule has 0 aliphatic carbocycles. The molecule has 0 spiro atoms. The molecule has 0 atom stereocenters. The molecule has 1 nitrogen and oxygen atoms in total. The molecule has 0 aliphatic heterocycles. The maximum absolute atomic E-state index is 3.78. The van der Waals surface area contributed by atoms with E-state index in [1.807, 2.05) is 0 Å². The van der Waals surface area contributed by atoms with Gasteiger partial charge in [-0.15, -0.1) is 0 Å². The summed E-state index contributed by atoms with van der Waals surface area (Å²) >= 11 is 0. The standard InChI is InChI=1S/C11H19N/c1-10(2)6-5-7-11(3)8-9-12-4/h6,8H,4-5,7,9H2,1-3H3/b11-8+. The Hall–Kier alpha value is -0.850. The fourth-order valence-electron chi connectivity index (χ4n) is 0.911. The van der Waals surface area contributed by atoms with Crippen LogP contribution in [-0.2, 0) is 0 Å². The molecule has 0 unspecified atom stereocenters. The van der Waals surface area contributed by atoms with Gasteiger partial charge in [-0.1, -0.05) is 23.3 Å². The number of allylic oxidation sites excluding steroid dienone is 3. The smallest absolute Gasteiger partial charge is 0.0565 e. The molecule has 0 aliphatic rings. The van der Waals surface area contributed by atoms with E-state index in [0.29, 0.717) is 0 Å². The van der Waals surface area contributed by atoms with Gasteiger partial charge < -0.3 is 0 Å². The molecule has 0 N–H and O–H groups in total. The molecule has 0 aromatic carbocycles. The maximum Gasteiger partial charge on any atom is 0.0565 e. The van der Waals surface area contributed by atoms with E-state index in [4.69, 9.17) is 0 Å². The van der Waals surface area contributed by atoms with E-state index >= 15 is 0 Å². The second kappa shape index (κ2) is 6.84. The summed E-state index contributed by atoms with van der Waals surface area (Å²) in [5, 5.41) is 0. The molecule has 0 rings (SSSR count). The van der Waals surface area contributed by atoms with Crippen molar-refractivity contribution in [3.8, 4) is 0 Å². The van der Waals surface area contributed by atoms with Crippen molar-refractivity contribution < 1.29 is 0 Å². The third kappa shape index (κ3) is 7.26. The normalized spacial score (nSPS) is 11.1. The topological polar surface area (TPSA) is 12.4 Å². The Morgan fingerprint density at radius 2 is 1.92 bits per heavy atom. The zero-order valence-electron chi connectivity index (χ0n) is 8.43. The van der Waals surface area contributed by atoms with E-state index in [-0.39, 0.29) is 0 Å². The Bertz CT molecular complexity index is 183. The Morgan fingerprint density at radius 3 is 2.42 bits per heavy atom. The Balaban J connectivity index is 3.63. The summed E-state index contributed by atoms with van der Waals surface area (Å²) in [5.74, 6) is 0. The average Bonchev–Trinajstić information content (AvgIpc) is 2.00. The summed E-state index contributed by atoms with van der Waals surface area (Å²) in [4.78, 5) is 3.78. The molecule has 68 valence electrons. The molecule has 0 aromatic heterocycles. The third-order valence-corrected chi connectivity index (χ3v) is 1.66. The maximum atomic E-state index is 3.78.